The van der Waals surface area contributed by atoms with Crippen LogP contribution >= 0.6 is 0 Å². The second kappa shape index (κ2) is 4.86. The molecule has 0 aliphatic carbocycles. The van der Waals surface area contributed by atoms with Crippen molar-refractivity contribution in [3.8, 4) is 0 Å². The minimum absolute atomic E-state index is 0.225. The van der Waals surface area contributed by atoms with Gasteiger partial charge in [0.25, 0.3) is 5.91 Å². The molecule has 4 heteroatoms. The molecule has 3 aromatic rings. The van der Waals surface area contributed by atoms with Crippen molar-refractivity contribution >= 4 is 22.5 Å². The van der Waals surface area contributed by atoms with Crippen molar-refractivity contribution in [1.82, 2.24) is 9.97 Å². The first-order valence-corrected chi connectivity index (χ1v) is 5.90. The Balaban J connectivity index is 1.89. The molecule has 3 rings (SSSR count). The Bertz CT molecular complexity index is 726. The number of nitrogens with one attached hydrogen (secondary N) is 1. The van der Waals surface area contributed by atoms with Gasteiger partial charge in [-0.2, -0.15) is 0 Å². The fraction of sp³-hybridized carbons (Fsp3) is 0. The number of carbonyl (C=O) groups is 1. The summed E-state index contributed by atoms with van der Waals surface area (Å²) in [4.78, 5) is 20.4. The van der Waals surface area contributed by atoms with Gasteiger partial charge in [0.2, 0.25) is 0 Å². The van der Waals surface area contributed by atoms with Crippen LogP contribution in [-0.4, -0.2) is 15.9 Å². The van der Waals surface area contributed by atoms with Gasteiger partial charge in [0, 0.05) is 17.3 Å². The van der Waals surface area contributed by atoms with Gasteiger partial charge in [-0.25, -0.2) is 4.98 Å². The van der Waals surface area contributed by atoms with E-state index in [9.17, 15) is 4.79 Å². The highest BCUT2D eigenvalue weighted by Gasteiger charge is 2.08. The SMILES string of the molecule is O=C(Nc1ccccc1)c1cc2cccnc2cn1. The van der Waals surface area contributed by atoms with Gasteiger partial charge in [0.15, 0.2) is 0 Å². The van der Waals surface area contributed by atoms with E-state index in [4.69, 9.17) is 0 Å². The summed E-state index contributed by atoms with van der Waals surface area (Å²) in [7, 11) is 0. The van der Waals surface area contributed by atoms with Crippen molar-refractivity contribution in [2.24, 2.45) is 0 Å². The topological polar surface area (TPSA) is 54.9 Å². The van der Waals surface area contributed by atoms with Crippen LogP contribution in [0, 0.1) is 0 Å². The summed E-state index contributed by atoms with van der Waals surface area (Å²) in [6, 6.07) is 14.8. The van der Waals surface area contributed by atoms with E-state index >= 15 is 0 Å². The first-order chi connectivity index (χ1) is 9.33. The summed E-state index contributed by atoms with van der Waals surface area (Å²) in [5.41, 5.74) is 1.91. The molecule has 0 aliphatic rings. The van der Waals surface area contributed by atoms with Crippen LogP contribution in [0.4, 0.5) is 5.69 Å². The quantitative estimate of drug-likeness (QED) is 0.759. The number of nitrogens with zero attached hydrogens (tertiary/aromatic N) is 2. The third-order valence-electron chi connectivity index (χ3n) is 2.75. The maximum Gasteiger partial charge on any atom is 0.274 e. The zero-order valence-electron chi connectivity index (χ0n) is 10.1. The molecule has 1 N–H and O–H groups in total. The molecule has 0 aliphatic heterocycles. The minimum atomic E-state index is -0.225. The van der Waals surface area contributed by atoms with Crippen molar-refractivity contribution in [3.63, 3.8) is 0 Å². The Hall–Kier alpha value is -2.75. The van der Waals surface area contributed by atoms with Crippen LogP contribution in [0.5, 0.6) is 0 Å². The summed E-state index contributed by atoms with van der Waals surface area (Å²) in [5, 5.41) is 3.70. The van der Waals surface area contributed by atoms with Gasteiger partial charge in [0.05, 0.1) is 11.7 Å². The van der Waals surface area contributed by atoms with Crippen LogP contribution in [-0.2, 0) is 0 Å². The summed E-state index contributed by atoms with van der Waals surface area (Å²) in [6.45, 7) is 0. The molecule has 0 unspecified atom stereocenters. The van der Waals surface area contributed by atoms with Gasteiger partial charge < -0.3 is 5.32 Å². The first-order valence-electron chi connectivity index (χ1n) is 5.90. The lowest BCUT2D eigenvalue weighted by atomic mass is 10.2. The number of carbonyl (C=O) groups excluding carboxylic acids is 1. The normalized spacial score (nSPS) is 10.3. The van der Waals surface area contributed by atoms with E-state index in [0.29, 0.717) is 5.69 Å². The Morgan fingerprint density at radius 3 is 2.68 bits per heavy atom. The Morgan fingerprint density at radius 1 is 1.00 bits per heavy atom. The summed E-state index contributed by atoms with van der Waals surface area (Å²) in [6.07, 6.45) is 3.31. The van der Waals surface area contributed by atoms with Crippen LogP contribution in [0.1, 0.15) is 10.5 Å². The molecule has 0 saturated heterocycles. The van der Waals surface area contributed by atoms with Crippen LogP contribution in [0.25, 0.3) is 10.9 Å². The summed E-state index contributed by atoms with van der Waals surface area (Å²) < 4.78 is 0. The summed E-state index contributed by atoms with van der Waals surface area (Å²) in [5.74, 6) is -0.225. The van der Waals surface area contributed by atoms with E-state index in [2.05, 4.69) is 15.3 Å². The van der Waals surface area contributed by atoms with Crippen LogP contribution in [0.2, 0.25) is 0 Å². The minimum Gasteiger partial charge on any atom is -0.321 e. The number of para-hydroxylation sites is 1. The summed E-state index contributed by atoms with van der Waals surface area (Å²) >= 11 is 0. The van der Waals surface area contributed by atoms with Crippen molar-refractivity contribution in [2.75, 3.05) is 5.32 Å². The highest BCUT2D eigenvalue weighted by Crippen LogP contribution is 2.12. The molecule has 0 atom stereocenters. The molecule has 92 valence electrons. The highest BCUT2D eigenvalue weighted by molar-refractivity contribution is 6.04. The lowest BCUT2D eigenvalue weighted by molar-refractivity contribution is 0.102. The average molecular weight is 249 g/mol. The van der Waals surface area contributed by atoms with E-state index in [1.54, 1.807) is 18.5 Å². The van der Waals surface area contributed by atoms with Gasteiger partial charge in [-0.15, -0.1) is 0 Å². The fourth-order valence-corrected chi connectivity index (χ4v) is 1.82. The zero-order chi connectivity index (χ0) is 13.1. The van der Waals surface area contributed by atoms with Crippen LogP contribution < -0.4 is 5.32 Å². The molecule has 2 heterocycles. The number of hydrogen-bond donors (Lipinski definition) is 1. The van der Waals surface area contributed by atoms with E-state index in [1.165, 1.54) is 0 Å². The number of aromatic nitrogens is 2. The number of hydrogen-bond acceptors (Lipinski definition) is 3. The first kappa shape index (κ1) is 11.3. The average Bonchev–Trinajstić information content (AvgIpc) is 2.48. The van der Waals surface area contributed by atoms with Gasteiger partial charge in [-0.05, 0) is 24.3 Å². The van der Waals surface area contributed by atoms with E-state index in [-0.39, 0.29) is 5.91 Å². The zero-order valence-corrected chi connectivity index (χ0v) is 10.1. The number of fused-ring (bicyclic) bond motifs is 1. The molecule has 19 heavy (non-hydrogen) atoms. The fourth-order valence-electron chi connectivity index (χ4n) is 1.82. The number of pyridine rings is 2. The maximum absolute atomic E-state index is 12.1. The highest BCUT2D eigenvalue weighted by atomic mass is 16.1. The molecule has 0 bridgehead atoms. The monoisotopic (exact) mass is 249 g/mol. The lowest BCUT2D eigenvalue weighted by Gasteiger charge is -2.05. The smallest absolute Gasteiger partial charge is 0.274 e. The largest absolute Gasteiger partial charge is 0.321 e. The molecule has 1 aromatic carbocycles. The molecule has 0 saturated carbocycles. The lowest BCUT2D eigenvalue weighted by Crippen LogP contribution is -2.13. The maximum atomic E-state index is 12.1. The van der Waals surface area contributed by atoms with Crippen molar-refractivity contribution < 1.29 is 4.79 Å². The molecular formula is C15H11N3O. The second-order valence-electron chi connectivity index (χ2n) is 4.09. The van der Waals surface area contributed by atoms with Gasteiger partial charge in [-0.1, -0.05) is 24.3 Å². The van der Waals surface area contributed by atoms with Crippen LogP contribution in [0.15, 0.2) is 60.9 Å². The predicted octanol–water partition coefficient (Wildman–Crippen LogP) is 2.88. The van der Waals surface area contributed by atoms with Crippen molar-refractivity contribution in [1.29, 1.82) is 0 Å². The van der Waals surface area contributed by atoms with Crippen molar-refractivity contribution in [3.05, 3.63) is 66.6 Å². The molecule has 0 spiro atoms. The van der Waals surface area contributed by atoms with Gasteiger partial charge in [0.1, 0.15) is 5.69 Å². The Morgan fingerprint density at radius 2 is 1.84 bits per heavy atom. The molecule has 0 radical (unpaired) electrons. The van der Waals surface area contributed by atoms with E-state index < -0.39 is 0 Å². The molecular weight excluding hydrogens is 238 g/mol. The van der Waals surface area contributed by atoms with E-state index in [1.807, 2.05) is 42.5 Å². The van der Waals surface area contributed by atoms with Gasteiger partial charge >= 0.3 is 0 Å². The van der Waals surface area contributed by atoms with Gasteiger partial charge in [-0.3, -0.25) is 9.78 Å². The van der Waals surface area contributed by atoms with Crippen LogP contribution in [0.3, 0.4) is 0 Å². The van der Waals surface area contributed by atoms with E-state index in [0.717, 1.165) is 16.6 Å². The predicted molar refractivity (Wildman–Crippen MR) is 73.9 cm³/mol. The molecule has 0 fully saturated rings. The Kier molecular flexibility index (Phi) is 2.90. The number of amides is 1. The molecule has 2 aromatic heterocycles. The second-order valence-corrected chi connectivity index (χ2v) is 4.09. The molecule has 4 nitrogen and oxygen atoms in total. The number of rotatable bonds is 2. The Labute approximate surface area is 110 Å². The number of benzene rings is 1. The third-order valence-corrected chi connectivity index (χ3v) is 2.75. The van der Waals surface area contributed by atoms with Crippen molar-refractivity contribution in [2.45, 2.75) is 0 Å². The third kappa shape index (κ3) is 2.42. The number of anilines is 1. The molecule has 1 amide bonds. The standard InChI is InChI=1S/C15H11N3O/c19-15(18-12-6-2-1-3-7-12)13-9-11-5-4-8-16-14(11)10-17-13/h1-10H,(H,18,19).